The van der Waals surface area contributed by atoms with Crippen LogP contribution in [0, 0.1) is 0 Å². The van der Waals surface area contributed by atoms with Gasteiger partial charge < -0.3 is 10.2 Å². The summed E-state index contributed by atoms with van der Waals surface area (Å²) < 4.78 is 0. The van der Waals surface area contributed by atoms with E-state index >= 15 is 0 Å². The van der Waals surface area contributed by atoms with Gasteiger partial charge in [0.05, 0.1) is 6.67 Å². The van der Waals surface area contributed by atoms with Gasteiger partial charge in [-0.3, -0.25) is 0 Å². The minimum Gasteiger partial charge on any atom is -0.373 e. The largest absolute Gasteiger partial charge is 0.373 e. The van der Waals surface area contributed by atoms with Crippen molar-refractivity contribution < 1.29 is 0 Å². The highest BCUT2D eigenvalue weighted by Crippen LogP contribution is 2.06. The number of rotatable bonds is 7. The fraction of sp³-hybridized carbons (Fsp3) is 0.818. The van der Waals surface area contributed by atoms with Gasteiger partial charge in [0.1, 0.15) is 0 Å². The van der Waals surface area contributed by atoms with Gasteiger partial charge in [0.15, 0.2) is 0 Å². The molecule has 13 heavy (non-hydrogen) atoms. The van der Waals surface area contributed by atoms with Gasteiger partial charge in [-0.05, 0) is 6.42 Å². The Kier molecular flexibility index (Phi) is 5.46. The monoisotopic (exact) mass is 182 g/mol. The van der Waals surface area contributed by atoms with Crippen LogP contribution in [0.4, 0.5) is 0 Å². The highest BCUT2D eigenvalue weighted by molar-refractivity contribution is 4.86. The van der Waals surface area contributed by atoms with Crippen molar-refractivity contribution in [2.24, 2.45) is 0 Å². The van der Waals surface area contributed by atoms with E-state index in [1.807, 2.05) is 6.20 Å². The summed E-state index contributed by atoms with van der Waals surface area (Å²) in [5.74, 6) is 0. The van der Waals surface area contributed by atoms with Crippen LogP contribution >= 0.6 is 0 Å². The third kappa shape index (κ3) is 4.81. The first-order valence-corrected chi connectivity index (χ1v) is 5.57. The highest BCUT2D eigenvalue weighted by atomic mass is 15.2. The van der Waals surface area contributed by atoms with Gasteiger partial charge in [0.25, 0.3) is 0 Å². The van der Waals surface area contributed by atoms with Crippen molar-refractivity contribution in [3.05, 3.63) is 12.4 Å². The first kappa shape index (κ1) is 10.4. The Bertz CT molecular complexity index is 143. The first-order chi connectivity index (χ1) is 6.43. The van der Waals surface area contributed by atoms with E-state index in [1.165, 1.54) is 45.1 Å². The zero-order valence-electron chi connectivity index (χ0n) is 8.76. The molecule has 0 atom stereocenters. The molecule has 0 aromatic heterocycles. The minimum atomic E-state index is 1.01. The summed E-state index contributed by atoms with van der Waals surface area (Å²) in [5.41, 5.74) is 0. The second kappa shape index (κ2) is 6.81. The van der Waals surface area contributed by atoms with Crippen LogP contribution in [0.2, 0.25) is 0 Å². The van der Waals surface area contributed by atoms with Crippen LogP contribution in [-0.4, -0.2) is 18.1 Å². The molecular weight excluding hydrogens is 160 g/mol. The van der Waals surface area contributed by atoms with Crippen LogP contribution < -0.4 is 5.32 Å². The van der Waals surface area contributed by atoms with E-state index in [0.717, 1.165) is 6.67 Å². The maximum atomic E-state index is 3.18. The number of nitrogens with one attached hydrogen (secondary N) is 1. The van der Waals surface area contributed by atoms with E-state index < -0.39 is 0 Å². The predicted octanol–water partition coefficient (Wildman–Crippen LogP) is 2.68. The second-order valence-corrected chi connectivity index (χ2v) is 3.76. The molecule has 0 aromatic rings. The van der Waals surface area contributed by atoms with Crippen LogP contribution in [0.15, 0.2) is 12.4 Å². The molecule has 0 fully saturated rings. The van der Waals surface area contributed by atoms with E-state index in [1.54, 1.807) is 0 Å². The summed E-state index contributed by atoms with van der Waals surface area (Å²) in [6.45, 7) is 4.49. The molecule has 76 valence electrons. The van der Waals surface area contributed by atoms with Crippen LogP contribution in [-0.2, 0) is 0 Å². The molecule has 0 aromatic carbocycles. The lowest BCUT2D eigenvalue weighted by atomic mass is 10.1. The van der Waals surface area contributed by atoms with E-state index in [4.69, 9.17) is 0 Å². The van der Waals surface area contributed by atoms with E-state index in [0.29, 0.717) is 0 Å². The van der Waals surface area contributed by atoms with Crippen molar-refractivity contribution in [2.45, 2.75) is 45.4 Å². The quantitative estimate of drug-likeness (QED) is 0.609. The molecule has 0 saturated carbocycles. The van der Waals surface area contributed by atoms with Crippen molar-refractivity contribution in [1.82, 2.24) is 10.2 Å². The molecule has 1 aliphatic heterocycles. The van der Waals surface area contributed by atoms with E-state index in [-0.39, 0.29) is 0 Å². The lowest BCUT2D eigenvalue weighted by Gasteiger charge is -2.13. The summed E-state index contributed by atoms with van der Waals surface area (Å²) >= 11 is 0. The third-order valence-electron chi connectivity index (χ3n) is 2.50. The molecule has 1 aliphatic rings. The minimum absolute atomic E-state index is 1.01. The number of nitrogens with zero attached hydrogens (tertiary/aromatic N) is 1. The summed E-state index contributed by atoms with van der Waals surface area (Å²) in [4.78, 5) is 2.33. The van der Waals surface area contributed by atoms with Gasteiger partial charge in [-0.1, -0.05) is 39.0 Å². The first-order valence-electron chi connectivity index (χ1n) is 5.57. The van der Waals surface area contributed by atoms with Gasteiger partial charge in [0, 0.05) is 18.9 Å². The molecule has 0 bridgehead atoms. The van der Waals surface area contributed by atoms with Crippen LogP contribution in [0.3, 0.4) is 0 Å². The van der Waals surface area contributed by atoms with Gasteiger partial charge in [-0.15, -0.1) is 0 Å². The fourth-order valence-corrected chi connectivity index (χ4v) is 1.63. The van der Waals surface area contributed by atoms with Crippen LogP contribution in [0.25, 0.3) is 0 Å². The molecule has 0 saturated heterocycles. The average molecular weight is 182 g/mol. The predicted molar refractivity (Wildman–Crippen MR) is 57.2 cm³/mol. The van der Waals surface area contributed by atoms with E-state index in [9.17, 15) is 0 Å². The normalized spacial score (nSPS) is 15.0. The average Bonchev–Trinajstić information content (AvgIpc) is 2.63. The SMILES string of the molecule is CCCCCCCCN1C=CNC1. The zero-order valence-corrected chi connectivity index (χ0v) is 8.76. The number of hydrogen-bond donors (Lipinski definition) is 1. The molecule has 2 heteroatoms. The standard InChI is InChI=1S/C11H22N2/c1-2-3-4-5-6-7-9-13-10-8-12-11-13/h8,10,12H,2-7,9,11H2,1H3. The van der Waals surface area contributed by atoms with Crippen LogP contribution in [0.5, 0.6) is 0 Å². The lowest BCUT2D eigenvalue weighted by molar-refractivity contribution is 0.375. The molecule has 0 spiro atoms. The lowest BCUT2D eigenvalue weighted by Crippen LogP contribution is -2.21. The molecule has 1 heterocycles. The maximum Gasteiger partial charge on any atom is 0.0867 e. The van der Waals surface area contributed by atoms with Gasteiger partial charge in [-0.25, -0.2) is 0 Å². The maximum absolute atomic E-state index is 3.18. The summed E-state index contributed by atoms with van der Waals surface area (Å²) in [6.07, 6.45) is 12.5. The highest BCUT2D eigenvalue weighted by Gasteiger charge is 2.01. The Morgan fingerprint density at radius 3 is 2.62 bits per heavy atom. The molecule has 0 aliphatic carbocycles. The molecule has 2 nitrogen and oxygen atoms in total. The molecule has 0 amide bonds. The van der Waals surface area contributed by atoms with Crippen molar-refractivity contribution in [1.29, 1.82) is 0 Å². The van der Waals surface area contributed by atoms with Gasteiger partial charge in [-0.2, -0.15) is 0 Å². The topological polar surface area (TPSA) is 15.3 Å². The third-order valence-corrected chi connectivity index (χ3v) is 2.50. The smallest absolute Gasteiger partial charge is 0.0867 e. The second-order valence-electron chi connectivity index (χ2n) is 3.76. The number of hydrogen-bond acceptors (Lipinski definition) is 2. The Labute approximate surface area is 82.0 Å². The zero-order chi connectivity index (χ0) is 9.36. The van der Waals surface area contributed by atoms with Crippen molar-refractivity contribution in [3.63, 3.8) is 0 Å². The summed E-state index contributed by atoms with van der Waals surface area (Å²) in [6, 6.07) is 0. The summed E-state index contributed by atoms with van der Waals surface area (Å²) in [7, 11) is 0. The molecular formula is C11H22N2. The Hall–Kier alpha value is -0.660. The fourth-order valence-electron chi connectivity index (χ4n) is 1.63. The Morgan fingerprint density at radius 2 is 1.92 bits per heavy atom. The van der Waals surface area contributed by atoms with E-state index in [2.05, 4.69) is 23.3 Å². The van der Waals surface area contributed by atoms with Crippen LogP contribution in [0.1, 0.15) is 45.4 Å². The van der Waals surface area contributed by atoms with Crippen molar-refractivity contribution >= 4 is 0 Å². The van der Waals surface area contributed by atoms with Crippen molar-refractivity contribution in [2.75, 3.05) is 13.2 Å². The summed E-state index contributed by atoms with van der Waals surface area (Å²) in [5, 5.41) is 3.18. The van der Waals surface area contributed by atoms with Gasteiger partial charge in [0.2, 0.25) is 0 Å². The molecule has 1 N–H and O–H groups in total. The Balaban J connectivity index is 1.81. The number of unbranched alkanes of at least 4 members (excludes halogenated alkanes) is 5. The van der Waals surface area contributed by atoms with Gasteiger partial charge >= 0.3 is 0 Å². The molecule has 0 unspecified atom stereocenters. The van der Waals surface area contributed by atoms with Crippen molar-refractivity contribution in [3.8, 4) is 0 Å². The Morgan fingerprint density at radius 1 is 1.15 bits per heavy atom. The molecule has 0 radical (unpaired) electrons. The molecule has 1 rings (SSSR count).